The van der Waals surface area contributed by atoms with E-state index in [-0.39, 0.29) is 18.7 Å². The van der Waals surface area contributed by atoms with Gasteiger partial charge in [0.15, 0.2) is 0 Å². The lowest BCUT2D eigenvalue weighted by atomic mass is 9.86. The molecular formula is C15H18FNO4. The van der Waals surface area contributed by atoms with Crippen molar-refractivity contribution in [2.24, 2.45) is 0 Å². The van der Waals surface area contributed by atoms with E-state index < -0.39 is 17.3 Å². The van der Waals surface area contributed by atoms with Crippen LogP contribution in [0.5, 0.6) is 0 Å². The van der Waals surface area contributed by atoms with E-state index in [0.29, 0.717) is 31.6 Å². The first-order valence-corrected chi connectivity index (χ1v) is 6.84. The summed E-state index contributed by atoms with van der Waals surface area (Å²) >= 11 is 0. The molecule has 0 aromatic heterocycles. The molecule has 2 rings (SSSR count). The molecule has 5 nitrogen and oxygen atoms in total. The van der Waals surface area contributed by atoms with Gasteiger partial charge in [-0.15, -0.1) is 0 Å². The number of halogens is 1. The van der Waals surface area contributed by atoms with Gasteiger partial charge in [0, 0.05) is 13.2 Å². The number of carboxylic acid groups (broad SMARTS) is 1. The van der Waals surface area contributed by atoms with Gasteiger partial charge >= 0.3 is 5.97 Å². The molecule has 114 valence electrons. The van der Waals surface area contributed by atoms with Crippen LogP contribution < -0.4 is 5.32 Å². The summed E-state index contributed by atoms with van der Waals surface area (Å²) < 4.78 is 18.3. The molecule has 0 radical (unpaired) electrons. The van der Waals surface area contributed by atoms with Gasteiger partial charge in [0.25, 0.3) is 0 Å². The van der Waals surface area contributed by atoms with Crippen LogP contribution in [-0.4, -0.2) is 35.7 Å². The number of hydrogen-bond donors (Lipinski definition) is 2. The SMILES string of the molecule is O=C(O)CC1(NC(=O)Cc2cccc(F)c2)CCOCC1. The Bertz CT molecular complexity index is 526. The van der Waals surface area contributed by atoms with Crippen molar-refractivity contribution in [3.8, 4) is 0 Å². The summed E-state index contributed by atoms with van der Waals surface area (Å²) in [6.07, 6.45) is 0.827. The van der Waals surface area contributed by atoms with Crippen LogP contribution in [0.3, 0.4) is 0 Å². The van der Waals surface area contributed by atoms with Crippen molar-refractivity contribution in [1.29, 1.82) is 0 Å². The lowest BCUT2D eigenvalue weighted by Gasteiger charge is -2.36. The number of nitrogens with one attached hydrogen (secondary N) is 1. The predicted octanol–water partition coefficient (Wildman–Crippen LogP) is 1.51. The highest BCUT2D eigenvalue weighted by molar-refractivity contribution is 5.80. The van der Waals surface area contributed by atoms with Crippen LogP contribution in [0.25, 0.3) is 0 Å². The first-order chi connectivity index (χ1) is 9.99. The van der Waals surface area contributed by atoms with E-state index in [1.54, 1.807) is 12.1 Å². The minimum absolute atomic E-state index is 0.0278. The van der Waals surface area contributed by atoms with Crippen molar-refractivity contribution >= 4 is 11.9 Å². The molecule has 0 aliphatic carbocycles. The van der Waals surface area contributed by atoms with Crippen LogP contribution >= 0.6 is 0 Å². The van der Waals surface area contributed by atoms with Gasteiger partial charge in [0.2, 0.25) is 5.91 Å². The van der Waals surface area contributed by atoms with Crippen molar-refractivity contribution in [1.82, 2.24) is 5.32 Å². The second-order valence-corrected chi connectivity index (χ2v) is 5.32. The predicted molar refractivity (Wildman–Crippen MR) is 73.3 cm³/mol. The summed E-state index contributed by atoms with van der Waals surface area (Å²) in [6.45, 7) is 0.848. The van der Waals surface area contributed by atoms with E-state index in [1.165, 1.54) is 12.1 Å². The molecule has 1 fully saturated rings. The molecule has 1 aliphatic rings. The number of aliphatic carboxylic acids is 1. The zero-order valence-corrected chi connectivity index (χ0v) is 11.6. The summed E-state index contributed by atoms with van der Waals surface area (Å²) in [6, 6.07) is 5.81. The molecule has 0 bridgehead atoms. The number of hydrogen-bond acceptors (Lipinski definition) is 3. The Morgan fingerprint density at radius 2 is 2.05 bits per heavy atom. The van der Waals surface area contributed by atoms with E-state index in [9.17, 15) is 14.0 Å². The lowest BCUT2D eigenvalue weighted by Crippen LogP contribution is -2.53. The fourth-order valence-electron chi connectivity index (χ4n) is 2.57. The number of rotatable bonds is 5. The minimum Gasteiger partial charge on any atom is -0.481 e. The van der Waals surface area contributed by atoms with Crippen LogP contribution in [0.1, 0.15) is 24.8 Å². The lowest BCUT2D eigenvalue weighted by molar-refractivity contribution is -0.140. The van der Waals surface area contributed by atoms with Crippen molar-refractivity contribution in [2.75, 3.05) is 13.2 Å². The highest BCUT2D eigenvalue weighted by Gasteiger charge is 2.36. The number of carbonyl (C=O) groups is 2. The third kappa shape index (κ3) is 4.53. The molecule has 1 amide bonds. The number of ether oxygens (including phenoxy) is 1. The molecule has 2 N–H and O–H groups in total. The molecule has 0 unspecified atom stereocenters. The highest BCUT2D eigenvalue weighted by atomic mass is 19.1. The van der Waals surface area contributed by atoms with Crippen LogP contribution in [0.2, 0.25) is 0 Å². The van der Waals surface area contributed by atoms with Gasteiger partial charge in [0.05, 0.1) is 18.4 Å². The minimum atomic E-state index is -0.956. The highest BCUT2D eigenvalue weighted by Crippen LogP contribution is 2.24. The third-order valence-corrected chi connectivity index (χ3v) is 3.60. The number of benzene rings is 1. The average molecular weight is 295 g/mol. The second kappa shape index (κ2) is 6.67. The van der Waals surface area contributed by atoms with Gasteiger partial charge in [-0.3, -0.25) is 9.59 Å². The van der Waals surface area contributed by atoms with Crippen LogP contribution in [-0.2, 0) is 20.7 Å². The van der Waals surface area contributed by atoms with Crippen LogP contribution in [0.15, 0.2) is 24.3 Å². The molecule has 1 heterocycles. The maximum atomic E-state index is 13.1. The van der Waals surface area contributed by atoms with E-state index in [2.05, 4.69) is 5.32 Å². The number of carbonyl (C=O) groups excluding carboxylic acids is 1. The monoisotopic (exact) mass is 295 g/mol. The maximum absolute atomic E-state index is 13.1. The zero-order chi connectivity index (χ0) is 15.3. The first-order valence-electron chi connectivity index (χ1n) is 6.84. The normalized spacial score (nSPS) is 17.2. The maximum Gasteiger partial charge on any atom is 0.305 e. The van der Waals surface area contributed by atoms with Crippen molar-refractivity contribution in [2.45, 2.75) is 31.2 Å². The molecule has 1 aromatic rings. The fraction of sp³-hybridized carbons (Fsp3) is 0.467. The molecule has 6 heteroatoms. The summed E-state index contributed by atoms with van der Waals surface area (Å²) in [5.74, 6) is -1.65. The molecule has 21 heavy (non-hydrogen) atoms. The van der Waals surface area contributed by atoms with Crippen molar-refractivity contribution < 1.29 is 23.8 Å². The summed E-state index contributed by atoms with van der Waals surface area (Å²) in [5.41, 5.74) is -0.209. The zero-order valence-electron chi connectivity index (χ0n) is 11.6. The Labute approximate surface area is 122 Å². The average Bonchev–Trinajstić information content (AvgIpc) is 2.38. The summed E-state index contributed by atoms with van der Waals surface area (Å²) in [5, 5.41) is 11.8. The standard InChI is InChI=1S/C15H18FNO4/c16-12-3-1-2-11(8-12)9-13(18)17-15(10-14(19)20)4-6-21-7-5-15/h1-3,8H,4-7,9-10H2,(H,17,18)(H,19,20). The molecule has 1 aliphatic heterocycles. The molecular weight excluding hydrogens is 277 g/mol. The van der Waals surface area contributed by atoms with E-state index in [1.807, 2.05) is 0 Å². The smallest absolute Gasteiger partial charge is 0.305 e. The third-order valence-electron chi connectivity index (χ3n) is 3.60. The number of amides is 1. The molecule has 1 aromatic carbocycles. The van der Waals surface area contributed by atoms with Gasteiger partial charge < -0.3 is 15.2 Å². The number of carboxylic acids is 1. The summed E-state index contributed by atoms with van der Waals surface area (Å²) in [4.78, 5) is 23.1. The van der Waals surface area contributed by atoms with Gasteiger partial charge in [-0.1, -0.05) is 12.1 Å². The quantitative estimate of drug-likeness (QED) is 0.863. The van der Waals surface area contributed by atoms with Crippen molar-refractivity contribution in [3.63, 3.8) is 0 Å². The topological polar surface area (TPSA) is 75.6 Å². The Balaban J connectivity index is 2.02. The Morgan fingerprint density at radius 3 is 2.67 bits per heavy atom. The fourth-order valence-corrected chi connectivity index (χ4v) is 2.57. The Hall–Kier alpha value is -1.95. The van der Waals surface area contributed by atoms with Gasteiger partial charge in [-0.2, -0.15) is 0 Å². The van der Waals surface area contributed by atoms with Gasteiger partial charge in [0.1, 0.15) is 5.82 Å². The van der Waals surface area contributed by atoms with E-state index in [0.717, 1.165) is 0 Å². The Kier molecular flexibility index (Phi) is 4.90. The molecule has 0 atom stereocenters. The van der Waals surface area contributed by atoms with Gasteiger partial charge in [-0.05, 0) is 30.5 Å². The first kappa shape index (κ1) is 15.4. The van der Waals surface area contributed by atoms with Gasteiger partial charge in [-0.25, -0.2) is 4.39 Å². The molecule has 1 saturated heterocycles. The molecule has 0 spiro atoms. The van der Waals surface area contributed by atoms with E-state index >= 15 is 0 Å². The summed E-state index contributed by atoms with van der Waals surface area (Å²) in [7, 11) is 0. The van der Waals surface area contributed by atoms with Crippen LogP contribution in [0.4, 0.5) is 4.39 Å². The largest absolute Gasteiger partial charge is 0.481 e. The van der Waals surface area contributed by atoms with Crippen LogP contribution in [0, 0.1) is 5.82 Å². The Morgan fingerprint density at radius 1 is 1.33 bits per heavy atom. The molecule has 0 saturated carbocycles. The van der Waals surface area contributed by atoms with Crippen molar-refractivity contribution in [3.05, 3.63) is 35.6 Å². The second-order valence-electron chi connectivity index (χ2n) is 5.32. The van der Waals surface area contributed by atoms with E-state index in [4.69, 9.17) is 9.84 Å².